The molecule has 0 saturated carbocycles. The van der Waals surface area contributed by atoms with Crippen LogP contribution in [0.2, 0.25) is 0 Å². The Kier molecular flexibility index (Phi) is 4.93. The molecule has 0 unspecified atom stereocenters. The maximum absolute atomic E-state index is 12.8. The van der Waals surface area contributed by atoms with Crippen LogP contribution in [0.3, 0.4) is 0 Å². The first-order valence-corrected chi connectivity index (χ1v) is 9.83. The van der Waals surface area contributed by atoms with Crippen molar-refractivity contribution in [1.29, 1.82) is 0 Å². The molecule has 2 aliphatic rings. The van der Waals surface area contributed by atoms with Crippen LogP contribution in [0, 0.1) is 0 Å². The molecule has 0 saturated heterocycles. The van der Waals surface area contributed by atoms with Gasteiger partial charge in [-0.2, -0.15) is 0 Å². The van der Waals surface area contributed by atoms with Crippen LogP contribution in [0.4, 0.5) is 4.79 Å². The number of ether oxygens (including phenoxy) is 1. The molecule has 1 aromatic carbocycles. The molecule has 2 aromatic rings. The van der Waals surface area contributed by atoms with Crippen molar-refractivity contribution in [1.82, 2.24) is 14.9 Å². The maximum atomic E-state index is 12.8. The number of amides is 2. The van der Waals surface area contributed by atoms with E-state index in [0.29, 0.717) is 25.7 Å². The van der Waals surface area contributed by atoms with E-state index in [2.05, 4.69) is 35.0 Å². The van der Waals surface area contributed by atoms with E-state index < -0.39 is 0 Å². The van der Waals surface area contributed by atoms with E-state index in [1.165, 1.54) is 22.1 Å². The van der Waals surface area contributed by atoms with Gasteiger partial charge in [0.1, 0.15) is 0 Å². The summed E-state index contributed by atoms with van der Waals surface area (Å²) in [7, 11) is 1.70. The van der Waals surface area contributed by atoms with Crippen molar-refractivity contribution in [2.75, 3.05) is 32.2 Å². The zero-order chi connectivity index (χ0) is 19.0. The fourth-order valence-electron chi connectivity index (χ4n) is 4.44. The third kappa shape index (κ3) is 2.93. The first-order chi connectivity index (χ1) is 13.2. The Labute approximate surface area is 160 Å². The lowest BCUT2D eigenvalue weighted by Gasteiger charge is -2.30. The molecule has 2 heterocycles. The molecule has 4 rings (SSSR count). The van der Waals surface area contributed by atoms with Gasteiger partial charge in [0.15, 0.2) is 0 Å². The lowest BCUT2D eigenvalue weighted by Crippen LogP contribution is -2.39. The highest BCUT2D eigenvalue weighted by Gasteiger charge is 2.32. The third-order valence-corrected chi connectivity index (χ3v) is 5.74. The highest BCUT2D eigenvalue weighted by atomic mass is 16.5. The topological polar surface area (TPSA) is 58.5 Å². The maximum Gasteiger partial charge on any atom is 0.336 e. The van der Waals surface area contributed by atoms with Crippen molar-refractivity contribution in [3.63, 3.8) is 0 Å². The SMILES string of the molecule is CCN(CC)C(=O)Nn1c(COC)c2c3c(cccc31)C1=CCCN[C@@H]1C2. The first-order valence-electron chi connectivity index (χ1n) is 9.83. The summed E-state index contributed by atoms with van der Waals surface area (Å²) >= 11 is 0. The Bertz CT molecular complexity index is 895. The van der Waals surface area contributed by atoms with E-state index in [-0.39, 0.29) is 6.03 Å². The molecule has 2 amide bonds. The summed E-state index contributed by atoms with van der Waals surface area (Å²) in [6.45, 7) is 6.82. The number of aromatic nitrogens is 1. The smallest absolute Gasteiger partial charge is 0.336 e. The molecule has 144 valence electrons. The molecule has 6 heteroatoms. The van der Waals surface area contributed by atoms with E-state index in [1.807, 2.05) is 18.5 Å². The molecule has 1 aliphatic carbocycles. The number of hydrogen-bond acceptors (Lipinski definition) is 3. The molecule has 2 N–H and O–H groups in total. The number of methoxy groups -OCH3 is 1. The van der Waals surface area contributed by atoms with Crippen LogP contribution in [0.1, 0.15) is 37.1 Å². The minimum absolute atomic E-state index is 0.0831. The minimum atomic E-state index is -0.0831. The van der Waals surface area contributed by atoms with Gasteiger partial charge in [0.25, 0.3) is 0 Å². The largest absolute Gasteiger partial charge is 0.378 e. The molecule has 1 aliphatic heterocycles. The van der Waals surface area contributed by atoms with E-state index in [4.69, 9.17) is 4.74 Å². The number of hydrogen-bond donors (Lipinski definition) is 2. The number of nitrogens with one attached hydrogen (secondary N) is 2. The Balaban J connectivity index is 1.87. The zero-order valence-corrected chi connectivity index (χ0v) is 16.3. The number of rotatable bonds is 5. The number of benzene rings is 1. The molecular weight excluding hydrogens is 340 g/mol. The van der Waals surface area contributed by atoms with Crippen molar-refractivity contribution in [3.8, 4) is 0 Å². The average molecular weight is 368 g/mol. The van der Waals surface area contributed by atoms with Crippen molar-refractivity contribution >= 4 is 22.5 Å². The molecule has 1 atom stereocenters. The predicted molar refractivity (Wildman–Crippen MR) is 108 cm³/mol. The highest BCUT2D eigenvalue weighted by Crippen LogP contribution is 2.40. The highest BCUT2D eigenvalue weighted by molar-refractivity contribution is 6.00. The molecule has 6 nitrogen and oxygen atoms in total. The van der Waals surface area contributed by atoms with Crippen molar-refractivity contribution in [2.24, 2.45) is 0 Å². The Morgan fingerprint density at radius 1 is 1.37 bits per heavy atom. The Morgan fingerprint density at radius 2 is 2.19 bits per heavy atom. The van der Waals surface area contributed by atoms with Crippen LogP contribution in [0.15, 0.2) is 24.3 Å². The number of urea groups is 1. The van der Waals surface area contributed by atoms with Gasteiger partial charge < -0.3 is 15.0 Å². The summed E-state index contributed by atoms with van der Waals surface area (Å²) in [5.74, 6) is 0. The van der Waals surface area contributed by atoms with Crippen LogP contribution in [0.5, 0.6) is 0 Å². The fraction of sp³-hybridized carbons (Fsp3) is 0.476. The van der Waals surface area contributed by atoms with Gasteiger partial charge in [-0.1, -0.05) is 18.2 Å². The standard InChI is InChI=1S/C21H28N4O2/c1-4-24(5-2)21(26)23-25-18-10-6-8-15-14-9-7-11-22-17(14)12-16(20(15)18)19(25)13-27-3/h6,8-10,17,22H,4-5,7,11-13H2,1-3H3,(H,23,26)/t17-/m1/s1. The molecule has 27 heavy (non-hydrogen) atoms. The van der Waals surface area contributed by atoms with Crippen molar-refractivity contribution < 1.29 is 9.53 Å². The van der Waals surface area contributed by atoms with E-state index in [1.54, 1.807) is 12.0 Å². The normalized spacial score (nSPS) is 18.2. The molecule has 0 bridgehead atoms. The molecule has 0 spiro atoms. The lowest BCUT2D eigenvalue weighted by atomic mass is 9.82. The van der Waals surface area contributed by atoms with Gasteiger partial charge >= 0.3 is 6.03 Å². The minimum Gasteiger partial charge on any atom is -0.378 e. The summed E-state index contributed by atoms with van der Waals surface area (Å²) in [5, 5.41) is 4.89. The van der Waals surface area contributed by atoms with Crippen LogP contribution >= 0.6 is 0 Å². The number of fused-ring (bicyclic) bond motifs is 2. The van der Waals surface area contributed by atoms with Crippen molar-refractivity contribution in [2.45, 2.75) is 39.3 Å². The van der Waals surface area contributed by atoms with Gasteiger partial charge in [-0.25, -0.2) is 10.2 Å². The molecule has 1 aromatic heterocycles. The van der Waals surface area contributed by atoms with E-state index >= 15 is 0 Å². The molecule has 0 fully saturated rings. The molecular formula is C21H28N4O2. The monoisotopic (exact) mass is 368 g/mol. The van der Waals surface area contributed by atoms with Gasteiger partial charge in [-0.15, -0.1) is 0 Å². The average Bonchev–Trinajstić information content (AvgIpc) is 2.98. The Morgan fingerprint density at radius 3 is 2.93 bits per heavy atom. The third-order valence-electron chi connectivity index (χ3n) is 5.74. The van der Waals surface area contributed by atoms with Gasteiger partial charge in [-0.05, 0) is 56.0 Å². The predicted octanol–water partition coefficient (Wildman–Crippen LogP) is 3.09. The summed E-state index contributed by atoms with van der Waals surface area (Å²) < 4.78 is 7.46. The second kappa shape index (κ2) is 7.37. The van der Waals surface area contributed by atoms with Crippen molar-refractivity contribution in [3.05, 3.63) is 41.1 Å². The van der Waals surface area contributed by atoms with Crippen LogP contribution in [-0.4, -0.2) is 48.4 Å². The second-order valence-corrected chi connectivity index (χ2v) is 7.14. The summed E-state index contributed by atoms with van der Waals surface area (Å²) in [5.41, 5.74) is 9.13. The van der Waals surface area contributed by atoms with Gasteiger partial charge in [0.2, 0.25) is 0 Å². The summed E-state index contributed by atoms with van der Waals surface area (Å²) in [4.78, 5) is 14.5. The van der Waals surface area contributed by atoms with Crippen LogP contribution < -0.4 is 10.7 Å². The number of carbonyl (C=O) groups excluding carboxylic acids is 1. The zero-order valence-electron chi connectivity index (χ0n) is 16.3. The van der Waals surface area contributed by atoms with E-state index in [9.17, 15) is 4.79 Å². The lowest BCUT2D eigenvalue weighted by molar-refractivity contribution is 0.178. The molecule has 0 radical (unpaired) electrons. The van der Waals surface area contributed by atoms with Crippen LogP contribution in [0.25, 0.3) is 16.5 Å². The van der Waals surface area contributed by atoms with Gasteiger partial charge in [-0.3, -0.25) is 4.68 Å². The summed E-state index contributed by atoms with van der Waals surface area (Å²) in [6.07, 6.45) is 4.34. The second-order valence-electron chi connectivity index (χ2n) is 7.14. The van der Waals surface area contributed by atoms with E-state index in [0.717, 1.165) is 30.6 Å². The van der Waals surface area contributed by atoms with Gasteiger partial charge in [0, 0.05) is 31.6 Å². The Hall–Kier alpha value is -2.31. The first kappa shape index (κ1) is 18.1. The number of nitrogens with zero attached hydrogens (tertiary/aromatic N) is 2. The quantitative estimate of drug-likeness (QED) is 0.853. The number of carbonyl (C=O) groups is 1. The fourth-order valence-corrected chi connectivity index (χ4v) is 4.44. The van der Waals surface area contributed by atoms with Gasteiger partial charge in [0.05, 0.1) is 17.8 Å². The van der Waals surface area contributed by atoms with Crippen LogP contribution in [-0.2, 0) is 17.8 Å². The summed E-state index contributed by atoms with van der Waals surface area (Å²) in [6, 6.07) is 6.61.